The van der Waals surface area contributed by atoms with Crippen molar-refractivity contribution in [3.8, 4) is 0 Å². The van der Waals surface area contributed by atoms with Gasteiger partial charge in [0.2, 0.25) is 0 Å². The minimum absolute atomic E-state index is 0.261. The van der Waals surface area contributed by atoms with Gasteiger partial charge in [-0.1, -0.05) is 46.1 Å². The molecule has 3 N–H and O–H groups in total. The second-order valence-electron chi connectivity index (χ2n) is 8.85. The molecular formula is C25H46NO6+. The van der Waals surface area contributed by atoms with E-state index in [9.17, 15) is 29.7 Å². The van der Waals surface area contributed by atoms with Crippen LogP contribution in [-0.2, 0) is 14.4 Å². The van der Waals surface area contributed by atoms with Gasteiger partial charge in [0.15, 0.2) is 18.1 Å². The van der Waals surface area contributed by atoms with Crippen molar-refractivity contribution in [2.45, 2.75) is 122 Å². The number of carbonyl (C=O) groups is 3. The van der Waals surface area contributed by atoms with E-state index in [4.69, 9.17) is 0 Å². The first-order valence-electron chi connectivity index (χ1n) is 12.4. The van der Waals surface area contributed by atoms with Crippen molar-refractivity contribution in [3.05, 3.63) is 12.7 Å². The zero-order valence-electron chi connectivity index (χ0n) is 20.4. The molecule has 0 aliphatic heterocycles. The van der Waals surface area contributed by atoms with E-state index in [1.807, 2.05) is 26.8 Å². The van der Waals surface area contributed by atoms with Crippen molar-refractivity contribution in [2.24, 2.45) is 0 Å². The van der Waals surface area contributed by atoms with Gasteiger partial charge in [0.25, 0.3) is 0 Å². The van der Waals surface area contributed by atoms with Gasteiger partial charge in [0.1, 0.15) is 0 Å². The molecule has 0 saturated carbocycles. The second-order valence-corrected chi connectivity index (χ2v) is 8.85. The predicted molar refractivity (Wildman–Crippen MR) is 127 cm³/mol. The normalized spacial score (nSPS) is 16.0. The highest BCUT2D eigenvalue weighted by molar-refractivity contribution is 5.78. The first kappa shape index (κ1) is 30.1. The first-order valence-corrected chi connectivity index (χ1v) is 12.4. The molecule has 3 atom stereocenters. The van der Waals surface area contributed by atoms with Crippen molar-refractivity contribution in [1.82, 2.24) is 0 Å². The molecule has 0 saturated heterocycles. The molecule has 0 spiro atoms. The number of nitrogens with zero attached hydrogens (tertiary/aromatic N) is 1. The molecule has 7 nitrogen and oxygen atoms in total. The van der Waals surface area contributed by atoms with Crippen LogP contribution in [-0.4, -0.2) is 62.4 Å². The highest BCUT2D eigenvalue weighted by atomic mass is 16.4. The second kappa shape index (κ2) is 16.7. The minimum Gasteiger partial charge on any atom is -0.477 e. The Hall–Kier alpha value is -1.89. The Morgan fingerprint density at radius 2 is 1.03 bits per heavy atom. The van der Waals surface area contributed by atoms with E-state index in [2.05, 4.69) is 6.58 Å². The molecule has 7 heteroatoms. The van der Waals surface area contributed by atoms with E-state index in [1.165, 1.54) is 0 Å². The maximum absolute atomic E-state index is 12.4. The van der Waals surface area contributed by atoms with E-state index in [1.54, 1.807) is 0 Å². The Labute approximate surface area is 194 Å². The fourth-order valence-electron chi connectivity index (χ4n) is 5.03. The van der Waals surface area contributed by atoms with Crippen LogP contribution >= 0.6 is 0 Å². The zero-order valence-corrected chi connectivity index (χ0v) is 20.4. The molecule has 32 heavy (non-hydrogen) atoms. The minimum atomic E-state index is -1.10. The van der Waals surface area contributed by atoms with Gasteiger partial charge >= 0.3 is 17.9 Å². The van der Waals surface area contributed by atoms with Gasteiger partial charge in [-0.05, 0) is 44.9 Å². The SMILES string of the molecule is C=CCCCCCCCC[N+](C(CCC)C(=O)O)(C(CCC)C(=O)O)C(CCC)C(=O)O. The highest BCUT2D eigenvalue weighted by Gasteiger charge is 2.56. The number of allylic oxidation sites excluding steroid dienone is 1. The summed E-state index contributed by atoms with van der Waals surface area (Å²) in [5, 5.41) is 30.5. The maximum Gasteiger partial charge on any atom is 0.362 e. The van der Waals surface area contributed by atoms with Crippen LogP contribution < -0.4 is 0 Å². The molecule has 0 aromatic rings. The van der Waals surface area contributed by atoms with Crippen LogP contribution in [0, 0.1) is 0 Å². The van der Waals surface area contributed by atoms with Crippen LogP contribution in [0.2, 0.25) is 0 Å². The van der Waals surface area contributed by atoms with E-state index < -0.39 is 36.0 Å². The monoisotopic (exact) mass is 456 g/mol. The van der Waals surface area contributed by atoms with Crippen molar-refractivity contribution in [1.29, 1.82) is 0 Å². The topological polar surface area (TPSA) is 112 Å². The third-order valence-corrected chi connectivity index (χ3v) is 6.49. The summed E-state index contributed by atoms with van der Waals surface area (Å²) >= 11 is 0. The van der Waals surface area contributed by atoms with Gasteiger partial charge in [0.05, 0.1) is 6.54 Å². The molecule has 0 aliphatic rings. The molecule has 0 bridgehead atoms. The van der Waals surface area contributed by atoms with Crippen molar-refractivity contribution in [2.75, 3.05) is 6.54 Å². The van der Waals surface area contributed by atoms with Crippen LogP contribution in [0.25, 0.3) is 0 Å². The summed E-state index contributed by atoms with van der Waals surface area (Å²) in [4.78, 5) is 37.3. The summed E-state index contributed by atoms with van der Waals surface area (Å²) < 4.78 is -0.383. The number of hydrogen-bond donors (Lipinski definition) is 3. The molecule has 0 radical (unpaired) electrons. The van der Waals surface area contributed by atoms with E-state index in [0.717, 1.165) is 38.5 Å². The Morgan fingerprint density at radius 1 is 0.688 bits per heavy atom. The molecule has 0 rings (SSSR count). The molecule has 0 aliphatic carbocycles. The van der Waals surface area contributed by atoms with Crippen LogP contribution in [0.5, 0.6) is 0 Å². The van der Waals surface area contributed by atoms with Gasteiger partial charge in [-0.3, -0.25) is 4.48 Å². The lowest BCUT2D eigenvalue weighted by Gasteiger charge is -2.50. The average Bonchev–Trinajstić information content (AvgIpc) is 2.73. The van der Waals surface area contributed by atoms with Crippen LogP contribution in [0.15, 0.2) is 12.7 Å². The van der Waals surface area contributed by atoms with Crippen LogP contribution in [0.4, 0.5) is 0 Å². The number of carboxylic acid groups (broad SMARTS) is 3. The van der Waals surface area contributed by atoms with Gasteiger partial charge in [-0.15, -0.1) is 6.58 Å². The standard InChI is InChI=1S/C25H45NO6/c1-5-9-10-11-12-13-14-15-19-26(20(16-6-2)23(27)28,21(17-7-3)24(29)30)22(18-8-4)25(31)32/h5,20-22H,1,6-19H2,2-4H3,(H2-,27,28,29,30,31,32)/p+1. The van der Waals surface area contributed by atoms with Crippen molar-refractivity contribution >= 4 is 17.9 Å². The Bertz CT molecular complexity index is 517. The van der Waals surface area contributed by atoms with Gasteiger partial charge in [-0.25, -0.2) is 14.4 Å². The molecular weight excluding hydrogens is 410 g/mol. The molecule has 0 fully saturated rings. The number of carboxylic acids is 3. The lowest BCUT2D eigenvalue weighted by Crippen LogP contribution is -2.72. The summed E-state index contributed by atoms with van der Waals surface area (Å²) in [6.45, 7) is 9.57. The smallest absolute Gasteiger partial charge is 0.362 e. The lowest BCUT2D eigenvalue weighted by molar-refractivity contribution is -0.973. The molecule has 0 heterocycles. The third kappa shape index (κ3) is 8.93. The van der Waals surface area contributed by atoms with Gasteiger partial charge < -0.3 is 15.3 Å². The predicted octanol–water partition coefficient (Wildman–Crippen LogP) is 5.48. The average molecular weight is 457 g/mol. The fraction of sp³-hybridized carbons (Fsp3) is 0.800. The lowest BCUT2D eigenvalue weighted by atomic mass is 9.91. The van der Waals surface area contributed by atoms with E-state index in [-0.39, 0.29) is 30.3 Å². The van der Waals surface area contributed by atoms with Gasteiger partial charge in [-0.2, -0.15) is 0 Å². The van der Waals surface area contributed by atoms with Crippen molar-refractivity contribution < 1.29 is 34.2 Å². The Kier molecular flexibility index (Phi) is 15.7. The molecule has 186 valence electrons. The number of aliphatic carboxylic acids is 3. The number of rotatable bonds is 21. The van der Waals surface area contributed by atoms with Crippen LogP contribution in [0.1, 0.15) is 104 Å². The molecule has 3 unspecified atom stereocenters. The first-order chi connectivity index (χ1) is 15.2. The van der Waals surface area contributed by atoms with E-state index in [0.29, 0.717) is 25.7 Å². The molecule has 0 aromatic carbocycles. The largest absolute Gasteiger partial charge is 0.477 e. The zero-order chi connectivity index (χ0) is 24.6. The Balaban J connectivity index is 6.11. The van der Waals surface area contributed by atoms with E-state index >= 15 is 0 Å². The van der Waals surface area contributed by atoms with Crippen molar-refractivity contribution in [3.63, 3.8) is 0 Å². The molecule has 0 amide bonds. The summed E-state index contributed by atoms with van der Waals surface area (Å²) in [7, 11) is 0. The molecule has 0 aromatic heterocycles. The fourth-order valence-corrected chi connectivity index (χ4v) is 5.03. The highest BCUT2D eigenvalue weighted by Crippen LogP contribution is 2.34. The Morgan fingerprint density at radius 3 is 1.34 bits per heavy atom. The van der Waals surface area contributed by atoms with Crippen LogP contribution in [0.3, 0.4) is 0 Å². The van der Waals surface area contributed by atoms with Gasteiger partial charge in [0, 0.05) is 19.3 Å². The summed E-state index contributed by atoms with van der Waals surface area (Å²) in [5.74, 6) is -3.29. The summed E-state index contributed by atoms with van der Waals surface area (Å²) in [5.41, 5.74) is 0. The number of hydrogen-bond acceptors (Lipinski definition) is 3. The summed E-state index contributed by atoms with van der Waals surface area (Å²) in [6.07, 6.45) is 11.0. The maximum atomic E-state index is 12.4. The number of unbranched alkanes of at least 4 members (excludes halogenated alkanes) is 6. The number of quaternary nitrogens is 1. The quantitative estimate of drug-likeness (QED) is 0.120. The summed E-state index contributed by atoms with van der Waals surface area (Å²) in [6, 6.07) is -3.14. The third-order valence-electron chi connectivity index (χ3n) is 6.49.